The Bertz CT molecular complexity index is 770. The number of morpholine rings is 1. The molecular formula is C21H32IN5OS. The Hall–Kier alpha value is -1.23. The van der Waals surface area contributed by atoms with E-state index in [0.29, 0.717) is 13.1 Å². The van der Waals surface area contributed by atoms with Gasteiger partial charge in [0.05, 0.1) is 32.0 Å². The maximum absolute atomic E-state index is 5.46. The SMILES string of the molecule is CCNC(=NCc1ccccc1CN1CCOCC1)NCc1nc(C)c(C)s1.I. The number of ether oxygens (including phenoxy) is 1. The molecule has 0 radical (unpaired) electrons. The van der Waals surface area contributed by atoms with Crippen LogP contribution in [0.4, 0.5) is 0 Å². The van der Waals surface area contributed by atoms with E-state index < -0.39 is 0 Å². The molecule has 1 aromatic carbocycles. The monoisotopic (exact) mass is 529 g/mol. The predicted octanol–water partition coefficient (Wildman–Crippen LogP) is 3.47. The van der Waals surface area contributed by atoms with Gasteiger partial charge >= 0.3 is 0 Å². The van der Waals surface area contributed by atoms with Crippen LogP contribution in [-0.4, -0.2) is 48.7 Å². The lowest BCUT2D eigenvalue weighted by molar-refractivity contribution is 0.0341. The molecule has 2 aromatic rings. The van der Waals surface area contributed by atoms with E-state index in [1.807, 2.05) is 0 Å². The van der Waals surface area contributed by atoms with E-state index in [1.165, 1.54) is 16.0 Å². The molecule has 1 aliphatic rings. The Labute approximate surface area is 195 Å². The maximum Gasteiger partial charge on any atom is 0.191 e. The third-order valence-corrected chi connectivity index (χ3v) is 5.92. The molecule has 1 aliphatic heterocycles. The molecule has 6 nitrogen and oxygen atoms in total. The highest BCUT2D eigenvalue weighted by atomic mass is 127. The zero-order valence-corrected chi connectivity index (χ0v) is 20.7. The molecule has 2 N–H and O–H groups in total. The number of nitrogens with one attached hydrogen (secondary N) is 2. The van der Waals surface area contributed by atoms with Crippen molar-refractivity contribution in [1.82, 2.24) is 20.5 Å². The van der Waals surface area contributed by atoms with Crippen LogP contribution < -0.4 is 10.6 Å². The van der Waals surface area contributed by atoms with Crippen molar-refractivity contribution in [3.8, 4) is 0 Å². The van der Waals surface area contributed by atoms with Gasteiger partial charge in [-0.15, -0.1) is 35.3 Å². The Balaban J connectivity index is 0.00000300. The largest absolute Gasteiger partial charge is 0.379 e. The summed E-state index contributed by atoms with van der Waals surface area (Å²) in [6.07, 6.45) is 0. The van der Waals surface area contributed by atoms with Gasteiger partial charge in [0, 0.05) is 31.1 Å². The molecular weight excluding hydrogens is 497 g/mol. The number of aliphatic imine (C=N–C) groups is 1. The zero-order chi connectivity index (χ0) is 19.8. The number of thiazole rings is 1. The second-order valence-electron chi connectivity index (χ2n) is 6.96. The van der Waals surface area contributed by atoms with E-state index in [2.05, 4.69) is 65.6 Å². The first-order chi connectivity index (χ1) is 13.7. The number of aromatic nitrogens is 1. The quantitative estimate of drug-likeness (QED) is 0.327. The third kappa shape index (κ3) is 7.51. The lowest BCUT2D eigenvalue weighted by Gasteiger charge is -2.27. The Morgan fingerprint density at radius 2 is 1.90 bits per heavy atom. The average Bonchev–Trinajstić information content (AvgIpc) is 3.03. The Morgan fingerprint density at radius 3 is 2.55 bits per heavy atom. The first-order valence-corrected chi connectivity index (χ1v) is 10.8. The molecule has 1 aromatic heterocycles. The van der Waals surface area contributed by atoms with Gasteiger partial charge in [-0.2, -0.15) is 0 Å². The fourth-order valence-corrected chi connectivity index (χ4v) is 4.02. The highest BCUT2D eigenvalue weighted by molar-refractivity contribution is 14.0. The Kier molecular flexibility index (Phi) is 10.3. The molecule has 0 saturated carbocycles. The van der Waals surface area contributed by atoms with Gasteiger partial charge in [0.15, 0.2) is 5.96 Å². The summed E-state index contributed by atoms with van der Waals surface area (Å²) in [5, 5.41) is 7.83. The van der Waals surface area contributed by atoms with E-state index in [4.69, 9.17) is 9.73 Å². The van der Waals surface area contributed by atoms with E-state index in [0.717, 1.165) is 56.1 Å². The van der Waals surface area contributed by atoms with Crippen molar-refractivity contribution in [2.45, 2.75) is 40.4 Å². The molecule has 0 spiro atoms. The van der Waals surface area contributed by atoms with Gasteiger partial charge in [-0.25, -0.2) is 9.98 Å². The molecule has 0 aliphatic carbocycles. The fraction of sp³-hybridized carbons (Fsp3) is 0.524. The lowest BCUT2D eigenvalue weighted by atomic mass is 10.1. The average molecular weight is 529 g/mol. The van der Waals surface area contributed by atoms with Gasteiger partial charge in [0.25, 0.3) is 0 Å². The van der Waals surface area contributed by atoms with Crippen molar-refractivity contribution in [3.63, 3.8) is 0 Å². The zero-order valence-electron chi connectivity index (χ0n) is 17.5. The van der Waals surface area contributed by atoms with Gasteiger partial charge in [-0.3, -0.25) is 4.90 Å². The van der Waals surface area contributed by atoms with Crippen LogP contribution in [0.3, 0.4) is 0 Å². The molecule has 1 fully saturated rings. The summed E-state index contributed by atoms with van der Waals surface area (Å²) in [4.78, 5) is 13.1. The number of guanidine groups is 1. The van der Waals surface area contributed by atoms with Gasteiger partial charge in [-0.1, -0.05) is 24.3 Å². The van der Waals surface area contributed by atoms with Crippen LogP contribution in [-0.2, 0) is 24.4 Å². The number of aryl methyl sites for hydroxylation is 2. The minimum Gasteiger partial charge on any atom is -0.379 e. The minimum atomic E-state index is 0. The normalized spacial score (nSPS) is 15.1. The van der Waals surface area contributed by atoms with Crippen LogP contribution in [0.25, 0.3) is 0 Å². The third-order valence-electron chi connectivity index (χ3n) is 4.85. The summed E-state index contributed by atoms with van der Waals surface area (Å²) in [7, 11) is 0. The number of nitrogens with zero attached hydrogens (tertiary/aromatic N) is 3. The topological polar surface area (TPSA) is 61.8 Å². The van der Waals surface area contributed by atoms with Crippen molar-refractivity contribution in [3.05, 3.63) is 51.0 Å². The van der Waals surface area contributed by atoms with E-state index >= 15 is 0 Å². The summed E-state index contributed by atoms with van der Waals surface area (Å²) in [5.74, 6) is 0.828. The molecule has 0 atom stereocenters. The second kappa shape index (κ2) is 12.5. The Morgan fingerprint density at radius 1 is 1.17 bits per heavy atom. The molecule has 29 heavy (non-hydrogen) atoms. The number of hydrogen-bond donors (Lipinski definition) is 2. The highest BCUT2D eigenvalue weighted by Crippen LogP contribution is 2.16. The summed E-state index contributed by atoms with van der Waals surface area (Å²) in [6.45, 7) is 13.0. The van der Waals surface area contributed by atoms with Crippen LogP contribution in [0.5, 0.6) is 0 Å². The van der Waals surface area contributed by atoms with E-state index in [-0.39, 0.29) is 24.0 Å². The van der Waals surface area contributed by atoms with E-state index in [9.17, 15) is 0 Å². The maximum atomic E-state index is 5.46. The molecule has 2 heterocycles. The van der Waals surface area contributed by atoms with Gasteiger partial charge in [0.1, 0.15) is 5.01 Å². The first kappa shape index (κ1) is 24.0. The van der Waals surface area contributed by atoms with Crippen LogP contribution in [0, 0.1) is 13.8 Å². The van der Waals surface area contributed by atoms with Crippen LogP contribution in [0.15, 0.2) is 29.3 Å². The van der Waals surface area contributed by atoms with Crippen molar-refractivity contribution >= 4 is 41.3 Å². The molecule has 160 valence electrons. The van der Waals surface area contributed by atoms with Gasteiger partial charge in [0.2, 0.25) is 0 Å². The molecule has 0 bridgehead atoms. The standard InChI is InChI=1S/C21H31N5OS.HI/c1-4-22-21(24-14-20-25-16(2)17(3)28-20)23-13-18-7-5-6-8-19(18)15-26-9-11-27-12-10-26;/h5-8H,4,9-15H2,1-3H3,(H2,22,23,24);1H. The highest BCUT2D eigenvalue weighted by Gasteiger charge is 2.12. The smallest absolute Gasteiger partial charge is 0.191 e. The molecule has 0 amide bonds. The lowest BCUT2D eigenvalue weighted by Crippen LogP contribution is -2.37. The summed E-state index contributed by atoms with van der Waals surface area (Å²) in [6, 6.07) is 8.59. The predicted molar refractivity (Wildman–Crippen MR) is 131 cm³/mol. The van der Waals surface area contributed by atoms with Crippen molar-refractivity contribution in [2.75, 3.05) is 32.8 Å². The molecule has 8 heteroatoms. The molecule has 0 unspecified atom stereocenters. The minimum absolute atomic E-state index is 0. The van der Waals surface area contributed by atoms with Crippen molar-refractivity contribution < 1.29 is 4.74 Å². The number of halogens is 1. The summed E-state index contributed by atoms with van der Waals surface area (Å²) < 4.78 is 5.46. The van der Waals surface area contributed by atoms with Gasteiger partial charge in [-0.05, 0) is 31.9 Å². The fourth-order valence-electron chi connectivity index (χ4n) is 3.15. The van der Waals surface area contributed by atoms with Crippen molar-refractivity contribution in [2.24, 2.45) is 4.99 Å². The van der Waals surface area contributed by atoms with Gasteiger partial charge < -0.3 is 15.4 Å². The van der Waals surface area contributed by atoms with Crippen LogP contribution in [0.1, 0.15) is 33.6 Å². The number of benzene rings is 1. The first-order valence-electron chi connectivity index (χ1n) is 9.97. The van der Waals surface area contributed by atoms with E-state index in [1.54, 1.807) is 11.3 Å². The van der Waals surface area contributed by atoms with Crippen LogP contribution in [0.2, 0.25) is 0 Å². The van der Waals surface area contributed by atoms with Crippen LogP contribution >= 0.6 is 35.3 Å². The molecule has 1 saturated heterocycles. The second-order valence-corrected chi connectivity index (χ2v) is 8.24. The summed E-state index contributed by atoms with van der Waals surface area (Å²) in [5.41, 5.74) is 3.73. The van der Waals surface area contributed by atoms with Crippen molar-refractivity contribution in [1.29, 1.82) is 0 Å². The number of rotatable bonds is 7. The number of hydrogen-bond acceptors (Lipinski definition) is 5. The molecule has 3 rings (SSSR count). The summed E-state index contributed by atoms with van der Waals surface area (Å²) >= 11 is 1.74.